The summed E-state index contributed by atoms with van der Waals surface area (Å²) in [5.74, 6) is 1.23. The van der Waals surface area contributed by atoms with E-state index in [0.29, 0.717) is 11.8 Å². The van der Waals surface area contributed by atoms with E-state index in [1.165, 1.54) is 37.9 Å². The first-order chi connectivity index (χ1) is 27.9. The number of hydrogen-bond acceptors (Lipinski definition) is 4. The van der Waals surface area contributed by atoms with Gasteiger partial charge in [0.2, 0.25) is 11.8 Å². The monoisotopic (exact) mass is 752 g/mol. The van der Waals surface area contributed by atoms with E-state index < -0.39 is 8.07 Å². The van der Waals surface area contributed by atoms with Crippen LogP contribution in [0.1, 0.15) is 43.0 Å². The molecular formula is C52H40N2O2Si. The van der Waals surface area contributed by atoms with Crippen molar-refractivity contribution < 1.29 is 8.83 Å². The minimum Gasteiger partial charge on any atom is -0.436 e. The molecule has 0 saturated carbocycles. The Morgan fingerprint density at radius 1 is 0.386 bits per heavy atom. The lowest BCUT2D eigenvalue weighted by molar-refractivity contribution is 0.619. The lowest BCUT2D eigenvalue weighted by atomic mass is 9.89. The number of oxazole rings is 2. The summed E-state index contributed by atoms with van der Waals surface area (Å²) in [6, 6.07) is 66.9. The lowest BCUT2D eigenvalue weighted by Gasteiger charge is -2.45. The van der Waals surface area contributed by atoms with Crippen LogP contribution in [0.25, 0.3) is 66.6 Å². The molecule has 1 aliphatic heterocycles. The first-order valence-corrected chi connectivity index (χ1v) is 21.5. The number of hydrogen-bond donors (Lipinski definition) is 0. The summed E-state index contributed by atoms with van der Waals surface area (Å²) in [5.41, 5.74) is 12.3. The molecule has 0 unspecified atom stereocenters. The highest BCUT2D eigenvalue weighted by Gasteiger charge is 2.58. The van der Waals surface area contributed by atoms with Crippen LogP contribution in [0.3, 0.4) is 0 Å². The Kier molecular flexibility index (Phi) is 8.35. The van der Waals surface area contributed by atoms with Crippen molar-refractivity contribution in [3.8, 4) is 22.9 Å². The second-order valence-corrected chi connectivity index (χ2v) is 20.3. The van der Waals surface area contributed by atoms with Crippen molar-refractivity contribution in [3.63, 3.8) is 0 Å². The van der Waals surface area contributed by atoms with Gasteiger partial charge in [-0.25, -0.2) is 9.97 Å². The number of rotatable bonds is 7. The Morgan fingerprint density at radius 3 is 1.18 bits per heavy atom. The van der Waals surface area contributed by atoms with E-state index in [9.17, 15) is 0 Å². The Labute approximate surface area is 333 Å². The van der Waals surface area contributed by atoms with Crippen LogP contribution in [-0.4, -0.2) is 18.0 Å². The zero-order chi connectivity index (χ0) is 38.6. The summed E-state index contributed by atoms with van der Waals surface area (Å²) in [7, 11) is -3.10. The summed E-state index contributed by atoms with van der Waals surface area (Å²) in [5, 5.41) is 3.86. The largest absolute Gasteiger partial charge is 0.436 e. The molecule has 0 spiro atoms. The molecule has 0 fully saturated rings. The second kappa shape index (κ2) is 13.7. The Bertz CT molecular complexity index is 2740. The molecule has 0 radical (unpaired) electrons. The smallest absolute Gasteiger partial charge is 0.227 e. The summed E-state index contributed by atoms with van der Waals surface area (Å²) in [4.78, 5) is 9.91. The number of benzene rings is 7. The molecule has 4 nitrogen and oxygen atoms in total. The highest BCUT2D eigenvalue weighted by Crippen LogP contribution is 2.62. The Balaban J connectivity index is 1.34. The van der Waals surface area contributed by atoms with Gasteiger partial charge < -0.3 is 8.83 Å². The van der Waals surface area contributed by atoms with E-state index in [2.05, 4.69) is 160 Å². The predicted octanol–water partition coefficient (Wildman–Crippen LogP) is 13.1. The van der Waals surface area contributed by atoms with Crippen molar-refractivity contribution in [3.05, 3.63) is 210 Å². The average Bonchev–Trinajstić information content (AvgIpc) is 3.98. The molecule has 0 saturated heterocycles. The zero-order valence-corrected chi connectivity index (χ0v) is 33.1. The van der Waals surface area contributed by atoms with Crippen LogP contribution in [0.4, 0.5) is 0 Å². The van der Waals surface area contributed by atoms with Crippen LogP contribution in [0, 0.1) is 0 Å². The fourth-order valence-corrected chi connectivity index (χ4v) is 15.4. The molecule has 0 N–H and O–H groups in total. The van der Waals surface area contributed by atoms with Crippen LogP contribution in [0.2, 0.25) is 5.04 Å². The van der Waals surface area contributed by atoms with Gasteiger partial charge in [-0.3, -0.25) is 0 Å². The third-order valence-electron chi connectivity index (χ3n) is 11.3. The highest BCUT2D eigenvalue weighted by atomic mass is 28.3. The van der Waals surface area contributed by atoms with Gasteiger partial charge in [0.1, 0.15) is 11.0 Å². The summed E-state index contributed by atoms with van der Waals surface area (Å²) in [6.07, 6.45) is 0. The van der Waals surface area contributed by atoms with Gasteiger partial charge in [0, 0.05) is 11.1 Å². The van der Waals surface area contributed by atoms with Gasteiger partial charge in [0.25, 0.3) is 0 Å². The minimum absolute atomic E-state index is 0.225. The second-order valence-electron chi connectivity index (χ2n) is 15.7. The lowest BCUT2D eigenvalue weighted by Crippen LogP contribution is -2.56. The van der Waals surface area contributed by atoms with Crippen LogP contribution >= 0.6 is 0 Å². The molecule has 0 amide bonds. The molecule has 274 valence electrons. The van der Waals surface area contributed by atoms with E-state index >= 15 is 0 Å². The number of aromatic nitrogens is 2. The van der Waals surface area contributed by atoms with E-state index in [0.717, 1.165) is 44.5 Å². The number of allylic oxidation sites excluding steroid dienone is 2. The first kappa shape index (κ1) is 34.7. The predicted molar refractivity (Wildman–Crippen MR) is 237 cm³/mol. The number of fused-ring (bicyclic) bond motifs is 2. The maximum absolute atomic E-state index is 6.40. The maximum atomic E-state index is 6.40. The fourth-order valence-electron chi connectivity index (χ4n) is 9.03. The minimum atomic E-state index is -3.10. The quantitative estimate of drug-likeness (QED) is 0.152. The van der Waals surface area contributed by atoms with Crippen molar-refractivity contribution in [2.75, 3.05) is 0 Å². The summed E-state index contributed by atoms with van der Waals surface area (Å²) < 4.78 is 12.8. The van der Waals surface area contributed by atoms with Gasteiger partial charge in [-0.1, -0.05) is 160 Å². The third kappa shape index (κ3) is 5.73. The van der Waals surface area contributed by atoms with Crippen molar-refractivity contribution in [1.29, 1.82) is 0 Å². The van der Waals surface area contributed by atoms with Gasteiger partial charge in [-0.15, -0.1) is 0 Å². The molecule has 1 aliphatic rings. The molecule has 0 aliphatic carbocycles. The van der Waals surface area contributed by atoms with Gasteiger partial charge >= 0.3 is 0 Å². The van der Waals surface area contributed by atoms with E-state index in [1.807, 2.05) is 48.5 Å². The third-order valence-corrected chi connectivity index (χ3v) is 17.4. The molecule has 2 aromatic heterocycles. The molecule has 5 heteroatoms. The fraction of sp³-hybridized carbons (Fsp3) is 0.0769. The summed E-state index contributed by atoms with van der Waals surface area (Å²) in [6.45, 7) is 7.33. The molecule has 57 heavy (non-hydrogen) atoms. The van der Waals surface area contributed by atoms with Crippen LogP contribution < -0.4 is 5.19 Å². The van der Waals surface area contributed by atoms with E-state index in [4.69, 9.17) is 18.8 Å². The first-order valence-electron chi connectivity index (χ1n) is 19.5. The van der Waals surface area contributed by atoms with Gasteiger partial charge in [-0.2, -0.15) is 0 Å². The molecular weight excluding hydrogens is 713 g/mol. The Morgan fingerprint density at radius 2 is 0.754 bits per heavy atom. The van der Waals surface area contributed by atoms with Crippen LogP contribution in [0.15, 0.2) is 197 Å². The zero-order valence-electron chi connectivity index (χ0n) is 32.1. The van der Waals surface area contributed by atoms with Crippen molar-refractivity contribution >= 4 is 57.0 Å². The SMILES string of the molecule is CC(C)(C)[Si]1(c2ccccc2)C(c2cccc(-c3nc4ccccc4o3)c2)=C(c2ccccc2)C(c2ccccc2)=C1c1cccc(-c2nc3ccccc3o2)c1. The van der Waals surface area contributed by atoms with Gasteiger partial charge in [0.15, 0.2) is 19.2 Å². The van der Waals surface area contributed by atoms with Crippen molar-refractivity contribution in [1.82, 2.24) is 9.97 Å². The van der Waals surface area contributed by atoms with Gasteiger partial charge in [0.05, 0.1) is 0 Å². The van der Waals surface area contributed by atoms with E-state index in [-0.39, 0.29) is 5.04 Å². The van der Waals surface area contributed by atoms with Gasteiger partial charge in [-0.05, 0) is 103 Å². The molecule has 9 aromatic rings. The van der Waals surface area contributed by atoms with E-state index in [1.54, 1.807) is 0 Å². The van der Waals surface area contributed by atoms with Crippen LogP contribution in [0.5, 0.6) is 0 Å². The molecule has 0 bridgehead atoms. The molecule has 3 heterocycles. The van der Waals surface area contributed by atoms with Crippen molar-refractivity contribution in [2.45, 2.75) is 25.8 Å². The Hall–Kier alpha value is -6.82. The average molecular weight is 753 g/mol. The molecule has 10 rings (SSSR count). The number of nitrogens with zero attached hydrogens (tertiary/aromatic N) is 2. The molecule has 7 aromatic carbocycles. The highest BCUT2D eigenvalue weighted by molar-refractivity contribution is 7.23. The standard InChI is InChI=1S/C52H40N2O2Si/c1-52(2,3)57(41-27-11-6-12-28-41)48(37-23-17-25-39(33-37)50-53-42-29-13-15-31-44(42)55-50)46(35-19-7-4-8-20-35)47(36-21-9-5-10-22-36)49(57)38-24-18-26-40(34-38)51-54-43-30-14-16-32-45(43)56-51/h4-34H,1-3H3. The summed E-state index contributed by atoms with van der Waals surface area (Å²) >= 11 is 0. The van der Waals surface area contributed by atoms with Crippen LogP contribution in [-0.2, 0) is 0 Å². The normalized spacial score (nSPS) is 14.2. The number of para-hydroxylation sites is 4. The maximum Gasteiger partial charge on any atom is 0.227 e. The molecule has 0 atom stereocenters. The van der Waals surface area contributed by atoms with Crippen molar-refractivity contribution in [2.24, 2.45) is 0 Å². The topological polar surface area (TPSA) is 52.1 Å².